The summed E-state index contributed by atoms with van der Waals surface area (Å²) < 4.78 is 0. The van der Waals surface area contributed by atoms with Crippen molar-refractivity contribution in [3.05, 3.63) is 0 Å². The van der Waals surface area contributed by atoms with Gasteiger partial charge in [0.2, 0.25) is 5.91 Å². The third-order valence-electron chi connectivity index (χ3n) is 5.47. The molecule has 2 saturated heterocycles. The number of carbonyl (C=O) groups is 1. The second kappa shape index (κ2) is 8.72. The van der Waals surface area contributed by atoms with Crippen LogP contribution in [0, 0.1) is 11.3 Å². The minimum atomic E-state index is 0. The number of piperidine rings is 2. The molecule has 1 amide bonds. The van der Waals surface area contributed by atoms with Crippen molar-refractivity contribution in [2.24, 2.45) is 11.3 Å². The summed E-state index contributed by atoms with van der Waals surface area (Å²) in [6.45, 7) is 7.77. The summed E-state index contributed by atoms with van der Waals surface area (Å²) in [5.74, 6) is 0.616. The number of halogens is 2. The molecule has 0 radical (unpaired) electrons. The van der Waals surface area contributed by atoms with Crippen LogP contribution in [-0.4, -0.2) is 49.6 Å². The molecular weight excluding hydrogens is 321 g/mol. The first-order valence-electron chi connectivity index (χ1n) is 8.43. The number of hydrogen-bond acceptors (Lipinski definition) is 3. The predicted octanol–water partition coefficient (Wildman–Crippen LogP) is 2.21. The fourth-order valence-electron chi connectivity index (χ4n) is 4.11. The summed E-state index contributed by atoms with van der Waals surface area (Å²) in [5, 5.41) is 6.66. The van der Waals surface area contributed by atoms with Crippen LogP contribution in [0.3, 0.4) is 0 Å². The molecule has 2 unspecified atom stereocenters. The van der Waals surface area contributed by atoms with Gasteiger partial charge in [0.25, 0.3) is 0 Å². The lowest BCUT2D eigenvalue weighted by molar-refractivity contribution is -0.124. The lowest BCUT2D eigenvalue weighted by Gasteiger charge is -2.29. The molecule has 1 aliphatic carbocycles. The third-order valence-corrected chi connectivity index (χ3v) is 5.47. The molecule has 130 valence electrons. The van der Waals surface area contributed by atoms with Crippen LogP contribution in [0.2, 0.25) is 0 Å². The topological polar surface area (TPSA) is 44.4 Å². The smallest absolute Gasteiger partial charge is 0.223 e. The van der Waals surface area contributed by atoms with Gasteiger partial charge in [-0.1, -0.05) is 6.42 Å². The van der Waals surface area contributed by atoms with Crippen molar-refractivity contribution in [2.75, 3.05) is 32.7 Å². The Bertz CT molecular complexity index is 355. The average molecular weight is 352 g/mol. The van der Waals surface area contributed by atoms with Crippen LogP contribution in [0.4, 0.5) is 0 Å². The Kier molecular flexibility index (Phi) is 7.93. The molecule has 2 N–H and O–H groups in total. The lowest BCUT2D eigenvalue weighted by Crippen LogP contribution is -2.45. The fraction of sp³-hybridized carbons (Fsp3) is 0.938. The Morgan fingerprint density at radius 1 is 1.23 bits per heavy atom. The maximum Gasteiger partial charge on any atom is 0.223 e. The van der Waals surface area contributed by atoms with Gasteiger partial charge in [-0.05, 0) is 70.6 Å². The first kappa shape index (κ1) is 20.0. The van der Waals surface area contributed by atoms with Crippen LogP contribution in [0.15, 0.2) is 0 Å². The molecule has 2 atom stereocenters. The van der Waals surface area contributed by atoms with Crippen molar-refractivity contribution < 1.29 is 4.79 Å². The van der Waals surface area contributed by atoms with Gasteiger partial charge < -0.3 is 15.5 Å². The summed E-state index contributed by atoms with van der Waals surface area (Å²) in [6, 6.07) is 0.292. The zero-order valence-corrected chi connectivity index (χ0v) is 15.2. The van der Waals surface area contributed by atoms with E-state index < -0.39 is 0 Å². The van der Waals surface area contributed by atoms with E-state index in [1.807, 2.05) is 0 Å². The molecule has 0 aromatic rings. The van der Waals surface area contributed by atoms with Crippen molar-refractivity contribution >= 4 is 30.7 Å². The zero-order chi connectivity index (χ0) is 14.0. The molecule has 2 aliphatic heterocycles. The van der Waals surface area contributed by atoms with Crippen LogP contribution in [0.25, 0.3) is 0 Å². The molecule has 6 heteroatoms. The minimum Gasteiger partial charge on any atom is -0.352 e. The first-order chi connectivity index (χ1) is 9.70. The van der Waals surface area contributed by atoms with Gasteiger partial charge in [0.15, 0.2) is 0 Å². The number of likely N-dealkylation sites (tertiary alicyclic amines) is 1. The van der Waals surface area contributed by atoms with Crippen LogP contribution in [0.1, 0.15) is 45.4 Å². The van der Waals surface area contributed by atoms with E-state index >= 15 is 0 Å². The van der Waals surface area contributed by atoms with E-state index in [-0.39, 0.29) is 24.8 Å². The summed E-state index contributed by atoms with van der Waals surface area (Å²) in [6.07, 6.45) is 7.50. The van der Waals surface area contributed by atoms with E-state index in [0.717, 1.165) is 26.1 Å². The second-order valence-corrected chi connectivity index (χ2v) is 7.14. The molecule has 1 spiro atoms. The molecule has 0 bridgehead atoms. The van der Waals surface area contributed by atoms with Crippen molar-refractivity contribution in [2.45, 2.75) is 51.5 Å². The van der Waals surface area contributed by atoms with Crippen LogP contribution >= 0.6 is 24.8 Å². The van der Waals surface area contributed by atoms with Gasteiger partial charge in [0, 0.05) is 18.5 Å². The Labute approximate surface area is 147 Å². The van der Waals surface area contributed by atoms with Gasteiger partial charge in [-0.2, -0.15) is 0 Å². The molecule has 3 fully saturated rings. The van der Waals surface area contributed by atoms with Gasteiger partial charge in [0.05, 0.1) is 0 Å². The average Bonchev–Trinajstić information content (AvgIpc) is 3.14. The number of amides is 1. The van der Waals surface area contributed by atoms with E-state index in [2.05, 4.69) is 22.5 Å². The molecule has 2 heterocycles. The summed E-state index contributed by atoms with van der Waals surface area (Å²) in [4.78, 5) is 14.9. The van der Waals surface area contributed by atoms with Gasteiger partial charge in [0.1, 0.15) is 0 Å². The molecule has 1 saturated carbocycles. The Morgan fingerprint density at radius 2 is 1.86 bits per heavy atom. The largest absolute Gasteiger partial charge is 0.352 e. The second-order valence-electron chi connectivity index (χ2n) is 7.14. The highest BCUT2D eigenvalue weighted by molar-refractivity contribution is 5.85. The summed E-state index contributed by atoms with van der Waals surface area (Å²) >= 11 is 0. The van der Waals surface area contributed by atoms with Crippen LogP contribution in [0.5, 0.6) is 0 Å². The van der Waals surface area contributed by atoms with Crippen molar-refractivity contribution in [3.8, 4) is 0 Å². The monoisotopic (exact) mass is 351 g/mol. The Balaban J connectivity index is 0.00000121. The van der Waals surface area contributed by atoms with Gasteiger partial charge >= 0.3 is 0 Å². The molecule has 3 rings (SSSR count). The van der Waals surface area contributed by atoms with Crippen molar-refractivity contribution in [1.82, 2.24) is 15.5 Å². The summed E-state index contributed by atoms with van der Waals surface area (Å²) in [7, 11) is 0. The SMILES string of the molecule is CC(CN1CCCCC1)NC(=O)C1CC12CCNCC2.Cl.Cl. The van der Waals surface area contributed by atoms with E-state index in [0.29, 0.717) is 23.3 Å². The molecule has 4 nitrogen and oxygen atoms in total. The maximum absolute atomic E-state index is 12.4. The number of rotatable bonds is 4. The minimum absolute atomic E-state index is 0. The highest BCUT2D eigenvalue weighted by Crippen LogP contribution is 2.58. The Hall–Kier alpha value is -0.0300. The molecule has 22 heavy (non-hydrogen) atoms. The van der Waals surface area contributed by atoms with Crippen molar-refractivity contribution in [1.29, 1.82) is 0 Å². The van der Waals surface area contributed by atoms with Crippen molar-refractivity contribution in [3.63, 3.8) is 0 Å². The maximum atomic E-state index is 12.4. The van der Waals surface area contributed by atoms with Gasteiger partial charge in [-0.25, -0.2) is 0 Å². The lowest BCUT2D eigenvalue weighted by atomic mass is 9.91. The molecule has 3 aliphatic rings. The van der Waals surface area contributed by atoms with E-state index in [1.54, 1.807) is 0 Å². The number of carbonyl (C=O) groups excluding carboxylic acids is 1. The zero-order valence-electron chi connectivity index (χ0n) is 13.6. The molecule has 0 aromatic carbocycles. The number of nitrogens with one attached hydrogen (secondary N) is 2. The Morgan fingerprint density at radius 3 is 2.50 bits per heavy atom. The standard InChI is InChI=1S/C16H29N3O.2ClH/c1-13(12-19-9-3-2-4-10-19)18-15(20)14-11-16(14)5-7-17-8-6-16;;/h13-14,17H,2-12H2,1H3,(H,18,20);2*1H. The summed E-state index contributed by atoms with van der Waals surface area (Å²) in [5.41, 5.74) is 0.361. The van der Waals surface area contributed by atoms with Gasteiger partial charge in [-0.3, -0.25) is 4.79 Å². The van der Waals surface area contributed by atoms with E-state index in [9.17, 15) is 4.79 Å². The quantitative estimate of drug-likeness (QED) is 0.815. The third kappa shape index (κ3) is 4.73. The molecule has 0 aromatic heterocycles. The number of hydrogen-bond donors (Lipinski definition) is 2. The highest BCUT2D eigenvalue weighted by atomic mass is 35.5. The molecular formula is C16H31Cl2N3O. The van der Waals surface area contributed by atoms with E-state index in [1.165, 1.54) is 45.2 Å². The van der Waals surface area contributed by atoms with E-state index in [4.69, 9.17) is 0 Å². The normalized spacial score (nSPS) is 28.1. The highest BCUT2D eigenvalue weighted by Gasteiger charge is 2.57. The van der Waals surface area contributed by atoms with Gasteiger partial charge in [-0.15, -0.1) is 24.8 Å². The van der Waals surface area contributed by atoms with Crippen LogP contribution in [-0.2, 0) is 4.79 Å². The first-order valence-corrected chi connectivity index (χ1v) is 8.43. The predicted molar refractivity (Wildman–Crippen MR) is 95.0 cm³/mol. The van der Waals surface area contributed by atoms with Crippen LogP contribution < -0.4 is 10.6 Å². The number of nitrogens with zero attached hydrogens (tertiary/aromatic N) is 1. The fourth-order valence-corrected chi connectivity index (χ4v) is 4.11.